The van der Waals surface area contributed by atoms with Crippen molar-refractivity contribution in [2.45, 2.75) is 20.8 Å². The normalized spacial score (nSPS) is 10.8. The second-order valence-electron chi connectivity index (χ2n) is 4.74. The van der Waals surface area contributed by atoms with Gasteiger partial charge in [0, 0.05) is 5.69 Å². The Hall–Kier alpha value is -1.84. The Morgan fingerprint density at radius 1 is 1.18 bits per heavy atom. The van der Waals surface area contributed by atoms with E-state index in [1.807, 2.05) is 18.2 Å². The van der Waals surface area contributed by atoms with Gasteiger partial charge in [-0.25, -0.2) is 0 Å². The fourth-order valence-corrected chi connectivity index (χ4v) is 1.07. The first-order chi connectivity index (χ1) is 7.89. The minimum Gasteiger partial charge on any atom is -0.455 e. The molecule has 0 aromatic heterocycles. The third-order valence-electron chi connectivity index (χ3n) is 2.00. The van der Waals surface area contributed by atoms with Crippen LogP contribution in [0, 0.1) is 5.41 Å². The van der Waals surface area contributed by atoms with Crippen molar-refractivity contribution in [2.75, 3.05) is 11.9 Å². The number of para-hydroxylation sites is 1. The zero-order valence-electron chi connectivity index (χ0n) is 10.3. The molecule has 0 aliphatic heterocycles. The van der Waals surface area contributed by atoms with Gasteiger partial charge in [-0.15, -0.1) is 0 Å². The highest BCUT2D eigenvalue weighted by atomic mass is 16.5. The smallest absolute Gasteiger partial charge is 0.311 e. The summed E-state index contributed by atoms with van der Waals surface area (Å²) < 4.78 is 4.89. The van der Waals surface area contributed by atoms with Gasteiger partial charge in [-0.05, 0) is 32.9 Å². The Bertz CT molecular complexity index is 393. The van der Waals surface area contributed by atoms with Crippen LogP contribution in [0.5, 0.6) is 0 Å². The molecule has 0 heterocycles. The molecule has 0 radical (unpaired) electrons. The summed E-state index contributed by atoms with van der Waals surface area (Å²) in [6.07, 6.45) is 0. The number of amides is 1. The van der Waals surface area contributed by atoms with Gasteiger partial charge >= 0.3 is 5.97 Å². The van der Waals surface area contributed by atoms with Crippen LogP contribution < -0.4 is 5.32 Å². The van der Waals surface area contributed by atoms with E-state index >= 15 is 0 Å². The van der Waals surface area contributed by atoms with Crippen molar-refractivity contribution >= 4 is 17.6 Å². The molecule has 0 spiro atoms. The van der Waals surface area contributed by atoms with Gasteiger partial charge in [-0.3, -0.25) is 9.59 Å². The summed E-state index contributed by atoms with van der Waals surface area (Å²) in [6, 6.07) is 9.02. The zero-order valence-corrected chi connectivity index (χ0v) is 10.3. The van der Waals surface area contributed by atoms with Crippen molar-refractivity contribution in [3.63, 3.8) is 0 Å². The first kappa shape index (κ1) is 13.2. The first-order valence-corrected chi connectivity index (χ1v) is 5.42. The molecule has 0 fully saturated rings. The maximum Gasteiger partial charge on any atom is 0.311 e. The minimum absolute atomic E-state index is 0.259. The lowest BCUT2D eigenvalue weighted by molar-refractivity contribution is -0.155. The molecule has 1 rings (SSSR count). The third-order valence-corrected chi connectivity index (χ3v) is 2.00. The minimum atomic E-state index is -0.590. The Kier molecular flexibility index (Phi) is 4.26. The maximum atomic E-state index is 11.5. The van der Waals surface area contributed by atoms with Crippen LogP contribution in [-0.2, 0) is 14.3 Å². The van der Waals surface area contributed by atoms with E-state index in [-0.39, 0.29) is 18.5 Å². The molecule has 92 valence electrons. The van der Waals surface area contributed by atoms with Crippen LogP contribution in [0.25, 0.3) is 0 Å². The van der Waals surface area contributed by atoms with E-state index in [1.165, 1.54) is 0 Å². The number of nitrogens with one attached hydrogen (secondary N) is 1. The molecule has 0 aliphatic rings. The van der Waals surface area contributed by atoms with Crippen LogP contribution >= 0.6 is 0 Å². The van der Waals surface area contributed by atoms with Gasteiger partial charge in [-0.1, -0.05) is 18.2 Å². The molecule has 1 amide bonds. The van der Waals surface area contributed by atoms with Crippen molar-refractivity contribution < 1.29 is 14.3 Å². The van der Waals surface area contributed by atoms with Gasteiger partial charge in [0.2, 0.25) is 0 Å². The number of carbonyl (C=O) groups excluding carboxylic acids is 2. The van der Waals surface area contributed by atoms with Crippen LogP contribution in [0.15, 0.2) is 30.3 Å². The molecule has 0 saturated carbocycles. The summed E-state index contributed by atoms with van der Waals surface area (Å²) in [6.45, 7) is 4.96. The van der Waals surface area contributed by atoms with Crippen molar-refractivity contribution in [3.8, 4) is 0 Å². The Morgan fingerprint density at radius 2 is 1.76 bits per heavy atom. The molecule has 0 bridgehead atoms. The monoisotopic (exact) mass is 235 g/mol. The average Bonchev–Trinajstić information content (AvgIpc) is 2.26. The van der Waals surface area contributed by atoms with Crippen LogP contribution in [0.1, 0.15) is 20.8 Å². The highest BCUT2D eigenvalue weighted by Gasteiger charge is 2.23. The van der Waals surface area contributed by atoms with Crippen molar-refractivity contribution in [3.05, 3.63) is 30.3 Å². The van der Waals surface area contributed by atoms with Crippen LogP contribution in [0.4, 0.5) is 5.69 Å². The molecule has 0 unspecified atom stereocenters. The summed E-state index contributed by atoms with van der Waals surface area (Å²) in [7, 11) is 0. The van der Waals surface area contributed by atoms with Gasteiger partial charge < -0.3 is 10.1 Å². The highest BCUT2D eigenvalue weighted by molar-refractivity contribution is 5.93. The second-order valence-corrected chi connectivity index (χ2v) is 4.74. The number of hydrogen-bond acceptors (Lipinski definition) is 3. The van der Waals surface area contributed by atoms with Gasteiger partial charge in [0.1, 0.15) is 0 Å². The summed E-state index contributed by atoms with van der Waals surface area (Å²) in [5.74, 6) is -0.727. The number of benzene rings is 1. The lowest BCUT2D eigenvalue weighted by atomic mass is 9.97. The fraction of sp³-hybridized carbons (Fsp3) is 0.385. The van der Waals surface area contributed by atoms with Gasteiger partial charge in [0.15, 0.2) is 6.61 Å². The summed E-state index contributed by atoms with van der Waals surface area (Å²) in [5.41, 5.74) is 0.0943. The van der Waals surface area contributed by atoms with Crippen molar-refractivity contribution in [1.29, 1.82) is 0 Å². The number of rotatable bonds is 3. The number of hydrogen-bond donors (Lipinski definition) is 1. The lowest BCUT2D eigenvalue weighted by Crippen LogP contribution is -2.27. The summed E-state index contributed by atoms with van der Waals surface area (Å²) in [5, 5.41) is 2.63. The molecule has 0 saturated heterocycles. The van der Waals surface area contributed by atoms with Crippen LogP contribution in [-0.4, -0.2) is 18.5 Å². The van der Waals surface area contributed by atoms with E-state index in [0.29, 0.717) is 5.69 Å². The van der Waals surface area contributed by atoms with Crippen LogP contribution in [0.2, 0.25) is 0 Å². The van der Waals surface area contributed by atoms with Crippen LogP contribution in [0.3, 0.4) is 0 Å². The van der Waals surface area contributed by atoms with E-state index in [0.717, 1.165) is 0 Å². The first-order valence-electron chi connectivity index (χ1n) is 5.42. The Labute approximate surface area is 101 Å². The summed E-state index contributed by atoms with van der Waals surface area (Å²) in [4.78, 5) is 22.9. The molecule has 1 aromatic rings. The molecule has 0 atom stereocenters. The molecular weight excluding hydrogens is 218 g/mol. The van der Waals surface area contributed by atoms with E-state index in [4.69, 9.17) is 4.74 Å². The molecule has 4 nitrogen and oxygen atoms in total. The Balaban J connectivity index is 2.39. The van der Waals surface area contributed by atoms with E-state index in [1.54, 1.807) is 32.9 Å². The van der Waals surface area contributed by atoms with Crippen molar-refractivity contribution in [1.82, 2.24) is 0 Å². The third kappa shape index (κ3) is 4.68. The predicted molar refractivity (Wildman–Crippen MR) is 65.5 cm³/mol. The van der Waals surface area contributed by atoms with Crippen molar-refractivity contribution in [2.24, 2.45) is 5.41 Å². The lowest BCUT2D eigenvalue weighted by Gasteiger charge is -2.16. The van der Waals surface area contributed by atoms with Gasteiger partial charge in [0.25, 0.3) is 5.91 Å². The zero-order chi connectivity index (χ0) is 12.9. The largest absolute Gasteiger partial charge is 0.455 e. The molecule has 1 aromatic carbocycles. The quantitative estimate of drug-likeness (QED) is 0.817. The molecular formula is C13H17NO3. The Morgan fingerprint density at radius 3 is 2.29 bits per heavy atom. The van der Waals surface area contributed by atoms with Gasteiger partial charge in [-0.2, -0.15) is 0 Å². The number of ether oxygens (including phenoxy) is 1. The topological polar surface area (TPSA) is 55.4 Å². The highest BCUT2D eigenvalue weighted by Crippen LogP contribution is 2.15. The fourth-order valence-electron chi connectivity index (χ4n) is 1.07. The number of carbonyl (C=O) groups is 2. The summed E-state index contributed by atoms with van der Waals surface area (Å²) >= 11 is 0. The molecule has 4 heteroatoms. The number of esters is 1. The number of anilines is 1. The molecule has 1 N–H and O–H groups in total. The van der Waals surface area contributed by atoms with E-state index in [9.17, 15) is 9.59 Å². The SMILES string of the molecule is CC(C)(C)C(=O)OCC(=O)Nc1ccccc1. The van der Waals surface area contributed by atoms with E-state index < -0.39 is 5.41 Å². The predicted octanol–water partition coefficient (Wildman–Crippen LogP) is 2.21. The average molecular weight is 235 g/mol. The maximum absolute atomic E-state index is 11.5. The van der Waals surface area contributed by atoms with E-state index in [2.05, 4.69) is 5.32 Å². The molecule has 17 heavy (non-hydrogen) atoms. The standard InChI is InChI=1S/C13H17NO3/c1-13(2,3)12(16)17-9-11(15)14-10-7-5-4-6-8-10/h4-8H,9H2,1-3H3,(H,14,15). The van der Waals surface area contributed by atoms with Gasteiger partial charge in [0.05, 0.1) is 5.41 Å². The molecule has 0 aliphatic carbocycles. The second kappa shape index (κ2) is 5.48.